The Hall–Kier alpha value is -2.73. The molecule has 1 spiro atoms. The fraction of sp³-hybridized carbons (Fsp3) is 0.381. The van der Waals surface area contributed by atoms with Crippen molar-refractivity contribution in [3.63, 3.8) is 0 Å². The number of fused-ring (bicyclic) bond motifs is 1. The predicted octanol–water partition coefficient (Wildman–Crippen LogP) is 3.14. The van der Waals surface area contributed by atoms with Crippen LogP contribution in [0.2, 0.25) is 0 Å². The number of benzene rings is 1. The first-order chi connectivity index (χ1) is 13.1. The number of nitrogens with zero attached hydrogens (tertiary/aromatic N) is 5. The van der Waals surface area contributed by atoms with E-state index in [1.807, 2.05) is 25.3 Å². The van der Waals surface area contributed by atoms with Crippen LogP contribution in [0.25, 0.3) is 11.3 Å². The first kappa shape index (κ1) is 16.4. The van der Waals surface area contributed by atoms with Crippen LogP contribution in [0.15, 0.2) is 42.6 Å². The first-order valence-corrected chi connectivity index (χ1v) is 9.43. The highest BCUT2D eigenvalue weighted by molar-refractivity contribution is 5.60. The minimum atomic E-state index is -0.196. The van der Waals surface area contributed by atoms with E-state index in [1.165, 1.54) is 16.8 Å². The molecule has 1 fully saturated rings. The van der Waals surface area contributed by atoms with Gasteiger partial charge in [0.15, 0.2) is 5.82 Å². The minimum Gasteiger partial charge on any atom is -0.363 e. The molecule has 3 aromatic rings. The lowest BCUT2D eigenvalue weighted by Crippen LogP contribution is -2.44. The molecule has 0 amide bonds. The fourth-order valence-corrected chi connectivity index (χ4v) is 4.14. The van der Waals surface area contributed by atoms with Crippen LogP contribution in [-0.2, 0) is 17.9 Å². The Kier molecular flexibility index (Phi) is 3.75. The largest absolute Gasteiger partial charge is 0.363 e. The summed E-state index contributed by atoms with van der Waals surface area (Å²) >= 11 is 0. The summed E-state index contributed by atoms with van der Waals surface area (Å²) in [6, 6.07) is 12.7. The Balaban J connectivity index is 1.43. The van der Waals surface area contributed by atoms with Gasteiger partial charge in [0.1, 0.15) is 18.0 Å². The van der Waals surface area contributed by atoms with Crippen molar-refractivity contribution in [3.05, 3.63) is 59.7 Å². The van der Waals surface area contributed by atoms with Gasteiger partial charge < -0.3 is 14.2 Å². The summed E-state index contributed by atoms with van der Waals surface area (Å²) in [5.74, 6) is 1.93. The molecule has 0 radical (unpaired) electrons. The second kappa shape index (κ2) is 6.16. The molecule has 0 bridgehead atoms. The van der Waals surface area contributed by atoms with Crippen LogP contribution in [-0.4, -0.2) is 38.4 Å². The summed E-state index contributed by atoms with van der Waals surface area (Å²) in [7, 11) is 0. The number of aryl methyl sites for hydroxylation is 2. The zero-order valence-corrected chi connectivity index (χ0v) is 15.7. The molecular weight excluding hydrogens is 338 g/mol. The molecule has 0 unspecified atom stereocenters. The monoisotopic (exact) mass is 361 g/mol. The second-order valence-electron chi connectivity index (χ2n) is 7.69. The number of imidazole rings is 1. The predicted molar refractivity (Wildman–Crippen MR) is 104 cm³/mol. The van der Waals surface area contributed by atoms with Crippen LogP contribution >= 0.6 is 0 Å². The van der Waals surface area contributed by atoms with E-state index in [4.69, 9.17) is 4.74 Å². The van der Waals surface area contributed by atoms with Crippen molar-refractivity contribution in [1.82, 2.24) is 19.7 Å². The van der Waals surface area contributed by atoms with Gasteiger partial charge in [0.25, 0.3) is 0 Å². The van der Waals surface area contributed by atoms with Gasteiger partial charge in [-0.2, -0.15) is 5.10 Å². The van der Waals surface area contributed by atoms with Crippen molar-refractivity contribution in [2.24, 2.45) is 0 Å². The third-order valence-electron chi connectivity index (χ3n) is 5.63. The summed E-state index contributed by atoms with van der Waals surface area (Å²) in [5.41, 5.74) is 4.39. The van der Waals surface area contributed by atoms with Crippen molar-refractivity contribution >= 4 is 5.82 Å². The first-order valence-electron chi connectivity index (χ1n) is 9.43. The quantitative estimate of drug-likeness (QED) is 0.702. The van der Waals surface area contributed by atoms with Crippen LogP contribution in [0, 0.1) is 13.8 Å². The number of ether oxygens (including phenoxy) is 1. The molecule has 0 N–H and O–H groups in total. The van der Waals surface area contributed by atoms with Crippen LogP contribution in [0.3, 0.4) is 0 Å². The van der Waals surface area contributed by atoms with Crippen molar-refractivity contribution in [2.45, 2.75) is 39.0 Å². The number of aromatic nitrogens is 4. The smallest absolute Gasteiger partial charge is 0.151 e. The number of rotatable bonds is 2. The van der Waals surface area contributed by atoms with Crippen molar-refractivity contribution in [1.29, 1.82) is 0 Å². The summed E-state index contributed by atoms with van der Waals surface area (Å²) < 4.78 is 8.66. The summed E-state index contributed by atoms with van der Waals surface area (Å²) in [6.45, 7) is 7.22. The van der Waals surface area contributed by atoms with Crippen molar-refractivity contribution in [3.8, 4) is 11.3 Å². The van der Waals surface area contributed by atoms with E-state index in [-0.39, 0.29) is 5.60 Å². The maximum atomic E-state index is 6.33. The van der Waals surface area contributed by atoms with E-state index in [9.17, 15) is 0 Å². The number of hydrogen-bond acceptors (Lipinski definition) is 5. The topological polar surface area (TPSA) is 56.1 Å². The van der Waals surface area contributed by atoms with Gasteiger partial charge in [-0.05, 0) is 38.5 Å². The Labute approximate surface area is 158 Å². The molecule has 138 valence electrons. The highest BCUT2D eigenvalue weighted by atomic mass is 16.5. The maximum Gasteiger partial charge on any atom is 0.151 e. The summed E-state index contributed by atoms with van der Waals surface area (Å²) in [4.78, 5) is 6.88. The highest BCUT2D eigenvalue weighted by Gasteiger charge is 2.43. The van der Waals surface area contributed by atoms with Gasteiger partial charge in [-0.3, -0.25) is 0 Å². The standard InChI is InChI=1S/C21H23N5O/c1-15-4-3-5-17(10-15)18-11-22-20-12-27-21(14-26(18)20)8-9-25(13-21)19-7-6-16(2)23-24-19/h3-7,10-11H,8-9,12-14H2,1-2H3/t21-/m0/s1. The average molecular weight is 361 g/mol. The third kappa shape index (κ3) is 2.90. The van der Waals surface area contributed by atoms with Gasteiger partial charge >= 0.3 is 0 Å². The van der Waals surface area contributed by atoms with Gasteiger partial charge in [0.05, 0.1) is 30.7 Å². The lowest BCUT2D eigenvalue weighted by atomic mass is 10.0. The molecule has 1 atom stereocenters. The van der Waals surface area contributed by atoms with E-state index in [2.05, 4.69) is 55.8 Å². The van der Waals surface area contributed by atoms with E-state index in [1.54, 1.807) is 0 Å². The van der Waals surface area contributed by atoms with Crippen LogP contribution in [0.4, 0.5) is 5.82 Å². The molecule has 5 rings (SSSR count). The van der Waals surface area contributed by atoms with Crippen LogP contribution < -0.4 is 4.90 Å². The van der Waals surface area contributed by atoms with Crippen molar-refractivity contribution < 1.29 is 4.74 Å². The van der Waals surface area contributed by atoms with Gasteiger partial charge in [-0.1, -0.05) is 23.8 Å². The molecule has 1 saturated heterocycles. The SMILES string of the molecule is Cc1cccc(-c2cnc3n2C[C@@]2(CCN(c4ccc(C)nn4)C2)OC3)c1. The minimum absolute atomic E-state index is 0.196. The third-order valence-corrected chi connectivity index (χ3v) is 5.63. The zero-order chi connectivity index (χ0) is 18.4. The lowest BCUT2D eigenvalue weighted by Gasteiger charge is -2.35. The normalized spacial score (nSPS) is 21.6. The van der Waals surface area contributed by atoms with E-state index < -0.39 is 0 Å². The summed E-state index contributed by atoms with van der Waals surface area (Å²) in [5, 5.41) is 8.55. The molecule has 6 nitrogen and oxygen atoms in total. The Morgan fingerprint density at radius 1 is 1.07 bits per heavy atom. The average Bonchev–Trinajstić information content (AvgIpc) is 3.27. The van der Waals surface area contributed by atoms with Gasteiger partial charge in [0, 0.05) is 12.1 Å². The molecule has 2 aliphatic rings. The van der Waals surface area contributed by atoms with Gasteiger partial charge in [-0.15, -0.1) is 5.10 Å². The second-order valence-corrected chi connectivity index (χ2v) is 7.69. The van der Waals surface area contributed by atoms with Crippen LogP contribution in [0.5, 0.6) is 0 Å². The molecule has 0 aliphatic carbocycles. The Morgan fingerprint density at radius 3 is 2.81 bits per heavy atom. The molecule has 27 heavy (non-hydrogen) atoms. The molecule has 0 saturated carbocycles. The zero-order valence-electron chi connectivity index (χ0n) is 15.7. The van der Waals surface area contributed by atoms with Crippen LogP contribution in [0.1, 0.15) is 23.5 Å². The lowest BCUT2D eigenvalue weighted by molar-refractivity contribution is -0.0748. The Bertz CT molecular complexity index is 980. The van der Waals surface area contributed by atoms with E-state index in [0.29, 0.717) is 6.61 Å². The van der Waals surface area contributed by atoms with Gasteiger partial charge in [-0.25, -0.2) is 4.98 Å². The molecule has 2 aromatic heterocycles. The molecular formula is C21H23N5O. The molecule has 1 aromatic carbocycles. The van der Waals surface area contributed by atoms with Crippen molar-refractivity contribution in [2.75, 3.05) is 18.0 Å². The molecule has 4 heterocycles. The van der Waals surface area contributed by atoms with E-state index in [0.717, 1.165) is 43.4 Å². The fourth-order valence-electron chi connectivity index (χ4n) is 4.14. The maximum absolute atomic E-state index is 6.33. The number of hydrogen-bond donors (Lipinski definition) is 0. The molecule has 2 aliphatic heterocycles. The van der Waals surface area contributed by atoms with Gasteiger partial charge in [0.2, 0.25) is 0 Å². The highest BCUT2D eigenvalue weighted by Crippen LogP contribution is 2.36. The van der Waals surface area contributed by atoms with E-state index >= 15 is 0 Å². The Morgan fingerprint density at radius 2 is 2.00 bits per heavy atom. The summed E-state index contributed by atoms with van der Waals surface area (Å²) in [6.07, 6.45) is 2.96. The number of anilines is 1. The molecule has 6 heteroatoms.